The van der Waals surface area contributed by atoms with E-state index in [1.165, 1.54) is 41.3 Å². The third kappa shape index (κ3) is 4.09. The zero-order valence-corrected chi connectivity index (χ0v) is 13.9. The molecule has 8 heteroatoms. The van der Waals surface area contributed by atoms with Crippen molar-refractivity contribution in [3.63, 3.8) is 0 Å². The van der Waals surface area contributed by atoms with Gasteiger partial charge in [0, 0.05) is 0 Å². The van der Waals surface area contributed by atoms with Gasteiger partial charge < -0.3 is 5.32 Å². The summed E-state index contributed by atoms with van der Waals surface area (Å²) in [6.45, 7) is 0. The number of hydrogen-bond acceptors (Lipinski definition) is 5. The van der Waals surface area contributed by atoms with Gasteiger partial charge >= 0.3 is 6.03 Å². The van der Waals surface area contributed by atoms with E-state index in [0.29, 0.717) is 0 Å². The van der Waals surface area contributed by atoms with Crippen LogP contribution in [0.3, 0.4) is 0 Å². The summed E-state index contributed by atoms with van der Waals surface area (Å²) in [5, 5.41) is 4.45. The zero-order valence-electron chi connectivity index (χ0n) is 12.3. The van der Waals surface area contributed by atoms with Crippen molar-refractivity contribution in [2.75, 3.05) is 11.1 Å². The number of carbonyl (C=O) groups excluding carboxylic acids is 2. The molecule has 1 aromatic heterocycles. The van der Waals surface area contributed by atoms with Crippen LogP contribution in [0, 0.1) is 5.82 Å². The quantitative estimate of drug-likeness (QED) is 0.692. The van der Waals surface area contributed by atoms with Crippen LogP contribution >= 0.6 is 23.1 Å². The molecule has 24 heavy (non-hydrogen) atoms. The minimum Gasteiger partial charge on any atom is -0.305 e. The van der Waals surface area contributed by atoms with Crippen LogP contribution in [0.5, 0.6) is 0 Å². The largest absolute Gasteiger partial charge is 0.325 e. The predicted octanol–water partition coefficient (Wildman–Crippen LogP) is 3.88. The topological polar surface area (TPSA) is 71.1 Å². The molecule has 1 heterocycles. The van der Waals surface area contributed by atoms with Gasteiger partial charge in [-0.2, -0.15) is 0 Å². The number of aromatic nitrogens is 1. The molecule has 3 amide bonds. The van der Waals surface area contributed by atoms with E-state index >= 15 is 0 Å². The molecule has 0 aliphatic rings. The fourth-order valence-corrected chi connectivity index (χ4v) is 3.79. The Morgan fingerprint density at radius 2 is 1.88 bits per heavy atom. The van der Waals surface area contributed by atoms with Gasteiger partial charge in [-0.05, 0) is 24.3 Å². The number of nitrogens with one attached hydrogen (secondary N) is 2. The third-order valence-electron chi connectivity index (χ3n) is 2.98. The van der Waals surface area contributed by atoms with Crippen LogP contribution < -0.4 is 10.6 Å². The summed E-state index contributed by atoms with van der Waals surface area (Å²) in [5.74, 6) is -0.998. The molecule has 3 rings (SSSR count). The van der Waals surface area contributed by atoms with Crippen molar-refractivity contribution in [2.45, 2.75) is 4.34 Å². The van der Waals surface area contributed by atoms with Gasteiger partial charge in [0.25, 0.3) is 0 Å². The lowest BCUT2D eigenvalue weighted by Crippen LogP contribution is -2.35. The van der Waals surface area contributed by atoms with Crippen LogP contribution in [-0.4, -0.2) is 22.7 Å². The minimum atomic E-state index is -0.769. The van der Waals surface area contributed by atoms with Gasteiger partial charge in [0.05, 0.1) is 21.7 Å². The number of fused-ring (bicyclic) bond motifs is 1. The van der Waals surface area contributed by atoms with E-state index in [9.17, 15) is 14.0 Å². The number of thioether (sulfide) groups is 1. The maximum atomic E-state index is 13.4. The van der Waals surface area contributed by atoms with Crippen LogP contribution in [-0.2, 0) is 4.79 Å². The van der Waals surface area contributed by atoms with Crippen molar-refractivity contribution in [1.29, 1.82) is 0 Å². The first-order valence-electron chi connectivity index (χ1n) is 6.95. The number of carbonyl (C=O) groups is 2. The minimum absolute atomic E-state index is 0.0154. The molecule has 2 N–H and O–H groups in total. The number of nitrogens with zero attached hydrogens (tertiary/aromatic N) is 1. The number of urea groups is 1. The molecule has 3 aromatic rings. The van der Waals surface area contributed by atoms with Gasteiger partial charge in [-0.15, -0.1) is 11.3 Å². The van der Waals surface area contributed by atoms with Crippen LogP contribution in [0.25, 0.3) is 10.2 Å². The van der Waals surface area contributed by atoms with E-state index in [4.69, 9.17) is 0 Å². The number of halogens is 1. The summed E-state index contributed by atoms with van der Waals surface area (Å²) in [6.07, 6.45) is 0. The van der Waals surface area contributed by atoms with Crippen LogP contribution in [0.4, 0.5) is 14.9 Å². The molecule has 0 aliphatic carbocycles. The summed E-state index contributed by atoms with van der Waals surface area (Å²) in [4.78, 5) is 27.9. The predicted molar refractivity (Wildman–Crippen MR) is 93.9 cm³/mol. The summed E-state index contributed by atoms with van der Waals surface area (Å²) in [6, 6.07) is 12.6. The SMILES string of the molecule is O=C(CSc1nc2ccccc2s1)NC(=O)Nc1ccccc1F. The lowest BCUT2D eigenvalue weighted by molar-refractivity contribution is -0.117. The number of hydrogen-bond donors (Lipinski definition) is 2. The van der Waals surface area contributed by atoms with E-state index in [1.807, 2.05) is 24.3 Å². The second-order valence-corrected chi connectivity index (χ2v) is 6.97. The van der Waals surface area contributed by atoms with Crippen LogP contribution in [0.2, 0.25) is 0 Å². The Kier molecular flexibility index (Phi) is 5.07. The second-order valence-electron chi connectivity index (χ2n) is 4.72. The molecule has 2 aromatic carbocycles. The molecule has 0 fully saturated rings. The molecule has 0 atom stereocenters. The first kappa shape index (κ1) is 16.4. The Morgan fingerprint density at radius 1 is 1.12 bits per heavy atom. The number of benzene rings is 2. The highest BCUT2D eigenvalue weighted by Crippen LogP contribution is 2.29. The molecule has 5 nitrogen and oxygen atoms in total. The molecule has 0 saturated carbocycles. The number of thiazole rings is 1. The van der Waals surface area contributed by atoms with E-state index in [-0.39, 0.29) is 11.4 Å². The first-order chi connectivity index (χ1) is 11.6. The average Bonchev–Trinajstić information content (AvgIpc) is 2.98. The molecule has 0 bridgehead atoms. The van der Waals surface area contributed by atoms with Gasteiger partial charge in [-0.25, -0.2) is 14.2 Å². The van der Waals surface area contributed by atoms with E-state index in [0.717, 1.165) is 14.6 Å². The standard InChI is InChI=1S/C16H12FN3O2S2/c17-10-5-1-2-6-11(10)18-15(22)20-14(21)9-23-16-19-12-7-3-4-8-13(12)24-16/h1-8H,9H2,(H2,18,20,21,22). The Bertz CT molecular complexity index is 865. The Hall–Kier alpha value is -2.45. The number of anilines is 1. The maximum Gasteiger partial charge on any atom is 0.325 e. The molecular weight excluding hydrogens is 349 g/mol. The van der Waals surface area contributed by atoms with Crippen molar-refractivity contribution < 1.29 is 14.0 Å². The summed E-state index contributed by atoms with van der Waals surface area (Å²) in [5.41, 5.74) is 0.893. The van der Waals surface area contributed by atoms with Gasteiger partial charge in [0.2, 0.25) is 5.91 Å². The van der Waals surface area contributed by atoms with E-state index < -0.39 is 17.8 Å². The van der Waals surface area contributed by atoms with Crippen LogP contribution in [0.1, 0.15) is 0 Å². The molecule has 122 valence electrons. The lowest BCUT2D eigenvalue weighted by Gasteiger charge is -2.06. The summed E-state index contributed by atoms with van der Waals surface area (Å²) < 4.78 is 15.2. The fraction of sp³-hybridized carbons (Fsp3) is 0.0625. The van der Waals surface area contributed by atoms with Gasteiger partial charge in [0.1, 0.15) is 5.82 Å². The normalized spacial score (nSPS) is 10.5. The van der Waals surface area contributed by atoms with Crippen molar-refractivity contribution in [2.24, 2.45) is 0 Å². The highest BCUT2D eigenvalue weighted by Gasteiger charge is 2.12. The lowest BCUT2D eigenvalue weighted by atomic mass is 10.3. The number of para-hydroxylation sites is 2. The summed E-state index contributed by atoms with van der Waals surface area (Å²) >= 11 is 2.73. The van der Waals surface area contributed by atoms with Crippen molar-refractivity contribution in [1.82, 2.24) is 10.3 Å². The van der Waals surface area contributed by atoms with Crippen molar-refractivity contribution in [3.05, 3.63) is 54.3 Å². The summed E-state index contributed by atoms with van der Waals surface area (Å²) in [7, 11) is 0. The Balaban J connectivity index is 1.52. The zero-order chi connectivity index (χ0) is 16.9. The van der Waals surface area contributed by atoms with Gasteiger partial charge in [0.15, 0.2) is 4.34 Å². The number of amides is 3. The highest BCUT2D eigenvalue weighted by atomic mass is 32.2. The molecule has 0 spiro atoms. The molecule has 0 unspecified atom stereocenters. The first-order valence-corrected chi connectivity index (χ1v) is 8.76. The van der Waals surface area contributed by atoms with Crippen molar-refractivity contribution in [3.8, 4) is 0 Å². The monoisotopic (exact) mass is 361 g/mol. The van der Waals surface area contributed by atoms with Crippen molar-refractivity contribution >= 4 is 50.9 Å². The van der Waals surface area contributed by atoms with Crippen LogP contribution in [0.15, 0.2) is 52.9 Å². The van der Waals surface area contributed by atoms with Gasteiger partial charge in [-0.1, -0.05) is 36.0 Å². The Morgan fingerprint density at radius 3 is 2.67 bits per heavy atom. The molecule has 0 radical (unpaired) electrons. The van der Waals surface area contributed by atoms with Gasteiger partial charge in [-0.3, -0.25) is 10.1 Å². The number of rotatable bonds is 4. The Labute approximate surface area is 145 Å². The molecule has 0 saturated heterocycles. The second kappa shape index (κ2) is 7.41. The average molecular weight is 361 g/mol. The number of imide groups is 1. The molecular formula is C16H12FN3O2S2. The molecule has 0 aliphatic heterocycles. The third-order valence-corrected chi connectivity index (χ3v) is 5.16. The maximum absolute atomic E-state index is 13.4. The smallest absolute Gasteiger partial charge is 0.305 e. The highest BCUT2D eigenvalue weighted by molar-refractivity contribution is 8.01. The fourth-order valence-electron chi connectivity index (χ4n) is 1.92. The van der Waals surface area contributed by atoms with E-state index in [2.05, 4.69) is 15.6 Å². The van der Waals surface area contributed by atoms with E-state index in [1.54, 1.807) is 6.07 Å².